The molecule has 9 heteroatoms. The van der Waals surface area contributed by atoms with Crippen molar-refractivity contribution in [1.29, 1.82) is 0 Å². The predicted octanol–water partition coefficient (Wildman–Crippen LogP) is 4.63. The highest BCUT2D eigenvalue weighted by Crippen LogP contribution is 2.28. The summed E-state index contributed by atoms with van der Waals surface area (Å²) in [4.78, 5) is 14.1. The van der Waals surface area contributed by atoms with Crippen molar-refractivity contribution in [3.05, 3.63) is 85.6 Å². The highest BCUT2D eigenvalue weighted by molar-refractivity contribution is 14.1. The van der Waals surface area contributed by atoms with Crippen LogP contribution in [0.4, 0.5) is 11.5 Å². The Bertz CT molecular complexity index is 1010. The first kappa shape index (κ1) is 20.5. The number of nitrogens with zero attached hydrogens (tertiary/aromatic N) is 3. The molecule has 0 fully saturated rings. The smallest absolute Gasteiger partial charge is 0.287 e. The Hall–Kier alpha value is -3.21. The van der Waals surface area contributed by atoms with Crippen molar-refractivity contribution in [3.8, 4) is 11.5 Å². The molecular weight excluding hydrogens is 487 g/mol. The Kier molecular flexibility index (Phi) is 6.95. The minimum Gasteiger partial charge on any atom is -0.493 e. The molecule has 0 atom stereocenters. The molecule has 3 aromatic rings. The van der Waals surface area contributed by atoms with E-state index in [4.69, 9.17) is 9.47 Å². The maximum Gasteiger partial charge on any atom is 0.287 e. The van der Waals surface area contributed by atoms with Crippen molar-refractivity contribution in [2.75, 3.05) is 12.5 Å². The summed E-state index contributed by atoms with van der Waals surface area (Å²) in [5, 5.41) is 14.7. The third-order valence-corrected chi connectivity index (χ3v) is 4.57. The topological polar surface area (TPSA) is 98.9 Å². The highest BCUT2D eigenvalue weighted by atomic mass is 127. The minimum absolute atomic E-state index is 0.0786. The first-order valence-electron chi connectivity index (χ1n) is 8.50. The van der Waals surface area contributed by atoms with E-state index in [1.165, 1.54) is 21.9 Å². The first-order chi connectivity index (χ1) is 14.0. The molecule has 0 aliphatic heterocycles. The van der Waals surface area contributed by atoms with E-state index in [9.17, 15) is 10.1 Å². The van der Waals surface area contributed by atoms with Crippen LogP contribution in [0.2, 0.25) is 0 Å². The van der Waals surface area contributed by atoms with Crippen LogP contribution in [0.5, 0.6) is 11.5 Å². The van der Waals surface area contributed by atoms with Crippen LogP contribution in [0.15, 0.2) is 65.9 Å². The van der Waals surface area contributed by atoms with Crippen molar-refractivity contribution in [3.63, 3.8) is 0 Å². The van der Waals surface area contributed by atoms with Gasteiger partial charge in [-0.05, 0) is 70.1 Å². The van der Waals surface area contributed by atoms with Crippen LogP contribution in [0, 0.1) is 13.7 Å². The summed E-state index contributed by atoms with van der Waals surface area (Å²) < 4.78 is 12.4. The van der Waals surface area contributed by atoms with Gasteiger partial charge in [0.2, 0.25) is 0 Å². The van der Waals surface area contributed by atoms with Crippen molar-refractivity contribution < 1.29 is 14.4 Å². The van der Waals surface area contributed by atoms with E-state index in [-0.39, 0.29) is 5.69 Å². The Morgan fingerprint density at radius 2 is 1.97 bits per heavy atom. The van der Waals surface area contributed by atoms with Gasteiger partial charge in [-0.3, -0.25) is 15.5 Å². The number of ether oxygens (including phenoxy) is 2. The molecule has 148 valence electrons. The van der Waals surface area contributed by atoms with Crippen LogP contribution in [-0.2, 0) is 6.61 Å². The standard InChI is InChI=1S/C20H17IN4O4/c1-28-19-10-15(11-23-24-20-9-7-17(12-22-20)25(26)27)4-8-18(19)29-13-14-2-5-16(21)6-3-14/h2-12H,13H2,1H3,(H,22,24)/b23-11+. The molecule has 3 rings (SSSR count). The summed E-state index contributed by atoms with van der Waals surface area (Å²) in [6.45, 7) is 0.439. The van der Waals surface area contributed by atoms with E-state index in [2.05, 4.69) is 38.1 Å². The lowest BCUT2D eigenvalue weighted by molar-refractivity contribution is -0.385. The van der Waals surface area contributed by atoms with E-state index in [1.807, 2.05) is 36.4 Å². The number of pyridine rings is 1. The Labute approximate surface area is 180 Å². The number of benzene rings is 2. The maximum atomic E-state index is 10.6. The lowest BCUT2D eigenvalue weighted by Gasteiger charge is -2.11. The monoisotopic (exact) mass is 504 g/mol. The number of hydrazone groups is 1. The molecule has 0 aliphatic carbocycles. The summed E-state index contributed by atoms with van der Waals surface area (Å²) in [6, 6.07) is 16.4. The molecule has 1 aromatic heterocycles. The first-order valence-corrected chi connectivity index (χ1v) is 9.58. The molecule has 0 amide bonds. The summed E-state index contributed by atoms with van der Waals surface area (Å²) in [7, 11) is 1.58. The number of methoxy groups -OCH3 is 1. The largest absolute Gasteiger partial charge is 0.493 e. The third-order valence-electron chi connectivity index (χ3n) is 3.85. The normalized spacial score (nSPS) is 10.7. The molecule has 0 saturated heterocycles. The second kappa shape index (κ2) is 9.82. The fourth-order valence-electron chi connectivity index (χ4n) is 2.36. The Morgan fingerprint density at radius 3 is 2.62 bits per heavy atom. The van der Waals surface area contributed by atoms with E-state index >= 15 is 0 Å². The van der Waals surface area contributed by atoms with E-state index < -0.39 is 4.92 Å². The van der Waals surface area contributed by atoms with Gasteiger partial charge >= 0.3 is 0 Å². The SMILES string of the molecule is COc1cc(/C=N/Nc2ccc([N+](=O)[O-])cn2)ccc1OCc1ccc(I)cc1. The van der Waals surface area contributed by atoms with Crippen LogP contribution in [0.1, 0.15) is 11.1 Å². The number of hydrogen-bond acceptors (Lipinski definition) is 7. The molecule has 2 aromatic carbocycles. The van der Waals surface area contributed by atoms with Crippen LogP contribution < -0.4 is 14.9 Å². The van der Waals surface area contributed by atoms with Gasteiger partial charge in [0.15, 0.2) is 11.5 Å². The number of hydrogen-bond donors (Lipinski definition) is 1. The fraction of sp³-hybridized carbons (Fsp3) is 0.100. The summed E-state index contributed by atoms with van der Waals surface area (Å²) in [5.74, 6) is 1.62. The Balaban J connectivity index is 1.62. The molecule has 0 saturated carbocycles. The number of nitro groups is 1. The third kappa shape index (κ3) is 5.88. The van der Waals surface area contributed by atoms with E-state index in [1.54, 1.807) is 19.4 Å². The van der Waals surface area contributed by atoms with Crippen molar-refractivity contribution >= 4 is 40.3 Å². The van der Waals surface area contributed by atoms with E-state index in [0.717, 1.165) is 11.1 Å². The van der Waals surface area contributed by atoms with Crippen LogP contribution in [0.3, 0.4) is 0 Å². The second-order valence-corrected chi connectivity index (χ2v) is 7.10. The summed E-state index contributed by atoms with van der Waals surface area (Å²) >= 11 is 2.26. The molecule has 0 radical (unpaired) electrons. The number of anilines is 1. The number of nitrogens with one attached hydrogen (secondary N) is 1. The van der Waals surface area contributed by atoms with Gasteiger partial charge in [0.05, 0.1) is 18.2 Å². The van der Waals surface area contributed by atoms with Crippen LogP contribution in [-0.4, -0.2) is 23.2 Å². The number of rotatable bonds is 8. The number of halogens is 1. The molecule has 1 N–H and O–H groups in total. The van der Waals surface area contributed by atoms with Crippen LogP contribution in [0.25, 0.3) is 0 Å². The maximum absolute atomic E-state index is 10.6. The molecule has 0 spiro atoms. The van der Waals surface area contributed by atoms with Gasteiger partial charge in [-0.25, -0.2) is 4.98 Å². The number of aromatic nitrogens is 1. The molecule has 0 unspecified atom stereocenters. The predicted molar refractivity (Wildman–Crippen MR) is 119 cm³/mol. The zero-order chi connectivity index (χ0) is 20.6. The van der Waals surface area contributed by atoms with E-state index in [0.29, 0.717) is 23.9 Å². The zero-order valence-corrected chi connectivity index (χ0v) is 17.6. The molecule has 0 bridgehead atoms. The lowest BCUT2D eigenvalue weighted by Crippen LogP contribution is -1.99. The van der Waals surface area contributed by atoms with Gasteiger partial charge in [0, 0.05) is 9.64 Å². The molecule has 1 heterocycles. The van der Waals surface area contributed by atoms with Gasteiger partial charge in [0.1, 0.15) is 18.6 Å². The minimum atomic E-state index is -0.506. The average molecular weight is 504 g/mol. The van der Waals surface area contributed by atoms with Crippen molar-refractivity contribution in [2.24, 2.45) is 5.10 Å². The summed E-state index contributed by atoms with van der Waals surface area (Å²) in [6.07, 6.45) is 2.76. The van der Waals surface area contributed by atoms with Crippen molar-refractivity contribution in [1.82, 2.24) is 4.98 Å². The quantitative estimate of drug-likeness (QED) is 0.208. The van der Waals surface area contributed by atoms with Crippen LogP contribution >= 0.6 is 22.6 Å². The lowest BCUT2D eigenvalue weighted by atomic mass is 10.2. The highest BCUT2D eigenvalue weighted by Gasteiger charge is 2.06. The fourth-order valence-corrected chi connectivity index (χ4v) is 2.72. The molecule has 29 heavy (non-hydrogen) atoms. The Morgan fingerprint density at radius 1 is 1.17 bits per heavy atom. The average Bonchev–Trinajstić information content (AvgIpc) is 2.74. The van der Waals surface area contributed by atoms with Crippen molar-refractivity contribution in [2.45, 2.75) is 6.61 Å². The molecule has 8 nitrogen and oxygen atoms in total. The zero-order valence-electron chi connectivity index (χ0n) is 15.4. The second-order valence-electron chi connectivity index (χ2n) is 5.85. The van der Waals surface area contributed by atoms with Gasteiger partial charge in [0.25, 0.3) is 5.69 Å². The summed E-state index contributed by atoms with van der Waals surface area (Å²) in [5.41, 5.74) is 4.50. The molecular formula is C20H17IN4O4. The van der Waals surface area contributed by atoms with Gasteiger partial charge < -0.3 is 9.47 Å². The van der Waals surface area contributed by atoms with Gasteiger partial charge in [-0.2, -0.15) is 5.10 Å². The van der Waals surface area contributed by atoms with Gasteiger partial charge in [-0.15, -0.1) is 0 Å². The molecule has 0 aliphatic rings. The van der Waals surface area contributed by atoms with Gasteiger partial charge in [-0.1, -0.05) is 12.1 Å².